The summed E-state index contributed by atoms with van der Waals surface area (Å²) in [6.45, 7) is 0.544. The Morgan fingerprint density at radius 2 is 1.85 bits per heavy atom. The fraction of sp³-hybridized carbons (Fsp3) is 0.0625. The van der Waals surface area contributed by atoms with Crippen LogP contribution in [-0.2, 0) is 6.54 Å². The van der Waals surface area contributed by atoms with E-state index in [1.165, 1.54) is 6.07 Å². The van der Waals surface area contributed by atoms with Crippen molar-refractivity contribution in [2.45, 2.75) is 6.54 Å². The number of rotatable bonds is 3. The Balaban J connectivity index is 1.89. The van der Waals surface area contributed by atoms with Gasteiger partial charge in [-0.05, 0) is 23.8 Å². The normalized spacial score (nSPS) is 10.7. The van der Waals surface area contributed by atoms with E-state index in [-0.39, 0.29) is 5.69 Å². The molecule has 2 aromatic carbocycles. The van der Waals surface area contributed by atoms with E-state index >= 15 is 0 Å². The van der Waals surface area contributed by atoms with E-state index in [4.69, 9.17) is 5.73 Å². The van der Waals surface area contributed by atoms with E-state index in [9.17, 15) is 4.39 Å². The quantitative estimate of drug-likeness (QED) is 0.713. The van der Waals surface area contributed by atoms with Gasteiger partial charge in [0.2, 0.25) is 0 Å². The van der Waals surface area contributed by atoms with Crippen LogP contribution in [0.4, 0.5) is 15.8 Å². The molecule has 100 valence electrons. The third-order valence-corrected chi connectivity index (χ3v) is 3.24. The molecule has 3 rings (SSSR count). The van der Waals surface area contributed by atoms with Gasteiger partial charge >= 0.3 is 0 Å². The van der Waals surface area contributed by atoms with Crippen molar-refractivity contribution >= 4 is 22.3 Å². The highest BCUT2D eigenvalue weighted by molar-refractivity contribution is 5.82. The average molecular weight is 267 g/mol. The summed E-state index contributed by atoms with van der Waals surface area (Å²) in [6.07, 6.45) is 1.77. The molecule has 3 nitrogen and oxygen atoms in total. The van der Waals surface area contributed by atoms with Crippen LogP contribution in [0.25, 0.3) is 10.9 Å². The molecule has 4 heteroatoms. The molecule has 1 aromatic heterocycles. The fourth-order valence-corrected chi connectivity index (χ4v) is 2.19. The first-order valence-corrected chi connectivity index (χ1v) is 6.36. The molecule has 0 fully saturated rings. The van der Waals surface area contributed by atoms with Crippen molar-refractivity contribution in [3.8, 4) is 0 Å². The number of benzene rings is 2. The molecule has 0 amide bonds. The molecule has 3 aromatic rings. The summed E-state index contributed by atoms with van der Waals surface area (Å²) >= 11 is 0. The van der Waals surface area contributed by atoms with Gasteiger partial charge in [-0.25, -0.2) is 4.39 Å². The molecule has 20 heavy (non-hydrogen) atoms. The number of anilines is 2. The maximum Gasteiger partial charge on any atom is 0.148 e. The molecular weight excluding hydrogens is 253 g/mol. The first-order chi connectivity index (χ1) is 9.75. The first kappa shape index (κ1) is 12.4. The maximum absolute atomic E-state index is 13.4. The molecule has 0 radical (unpaired) electrons. The molecular formula is C16H14FN3. The second-order valence-corrected chi connectivity index (χ2v) is 4.55. The number of nitrogens with zero attached hydrogens (tertiary/aromatic N) is 1. The van der Waals surface area contributed by atoms with Gasteiger partial charge in [-0.2, -0.15) is 0 Å². The van der Waals surface area contributed by atoms with Crippen LogP contribution >= 0.6 is 0 Å². The predicted molar refractivity (Wildman–Crippen MR) is 79.9 cm³/mol. The molecule has 3 N–H and O–H groups in total. The Morgan fingerprint density at radius 1 is 1.05 bits per heavy atom. The van der Waals surface area contributed by atoms with E-state index in [2.05, 4.69) is 10.3 Å². The lowest BCUT2D eigenvalue weighted by Gasteiger charge is -2.11. The number of aromatic nitrogens is 1. The van der Waals surface area contributed by atoms with Gasteiger partial charge in [0.25, 0.3) is 0 Å². The highest BCUT2D eigenvalue weighted by atomic mass is 19.1. The predicted octanol–water partition coefficient (Wildman–Crippen LogP) is 3.57. The van der Waals surface area contributed by atoms with Gasteiger partial charge < -0.3 is 11.1 Å². The largest absolute Gasteiger partial charge is 0.395 e. The summed E-state index contributed by atoms with van der Waals surface area (Å²) in [4.78, 5) is 4.39. The summed E-state index contributed by atoms with van der Waals surface area (Å²) in [5.74, 6) is -0.411. The molecule has 0 aliphatic carbocycles. The molecule has 0 bridgehead atoms. The van der Waals surface area contributed by atoms with Crippen molar-refractivity contribution in [1.29, 1.82) is 0 Å². The van der Waals surface area contributed by atoms with Gasteiger partial charge in [0.1, 0.15) is 5.82 Å². The van der Waals surface area contributed by atoms with Crippen LogP contribution in [0.3, 0.4) is 0 Å². The fourth-order valence-electron chi connectivity index (χ4n) is 2.19. The molecule has 0 unspecified atom stereocenters. The molecule has 0 atom stereocenters. The summed E-state index contributed by atoms with van der Waals surface area (Å²) in [6, 6.07) is 14.7. The molecule has 0 aliphatic rings. The van der Waals surface area contributed by atoms with E-state index in [0.717, 1.165) is 16.5 Å². The van der Waals surface area contributed by atoms with E-state index in [0.29, 0.717) is 12.2 Å². The number of nitrogen functional groups attached to an aromatic ring is 1. The number of hydrogen-bond donors (Lipinski definition) is 2. The standard InChI is InChI=1S/C16H14FN3/c17-13-7-2-8-14(15(13)18)20-10-12-5-1-4-11-6-3-9-19-16(11)12/h1-9,20H,10,18H2. The number of hydrogen-bond acceptors (Lipinski definition) is 3. The smallest absolute Gasteiger partial charge is 0.148 e. The van der Waals surface area contributed by atoms with Crippen molar-refractivity contribution in [3.05, 3.63) is 66.1 Å². The number of nitrogens with one attached hydrogen (secondary N) is 1. The van der Waals surface area contributed by atoms with Crippen molar-refractivity contribution in [3.63, 3.8) is 0 Å². The Hall–Kier alpha value is -2.62. The lowest BCUT2D eigenvalue weighted by molar-refractivity contribution is 0.633. The first-order valence-electron chi connectivity index (χ1n) is 6.36. The van der Waals surface area contributed by atoms with Crippen LogP contribution in [0.2, 0.25) is 0 Å². The molecule has 0 spiro atoms. The van der Waals surface area contributed by atoms with Crippen LogP contribution in [-0.4, -0.2) is 4.98 Å². The zero-order valence-electron chi connectivity index (χ0n) is 10.8. The highest BCUT2D eigenvalue weighted by Gasteiger charge is 2.05. The number of halogens is 1. The van der Waals surface area contributed by atoms with E-state index in [1.807, 2.05) is 30.3 Å². The minimum absolute atomic E-state index is 0.140. The highest BCUT2D eigenvalue weighted by Crippen LogP contribution is 2.23. The molecule has 0 saturated heterocycles. The topological polar surface area (TPSA) is 50.9 Å². The van der Waals surface area contributed by atoms with Crippen LogP contribution in [0.15, 0.2) is 54.7 Å². The number of fused-ring (bicyclic) bond motifs is 1. The SMILES string of the molecule is Nc1c(F)cccc1NCc1cccc2cccnc12. The van der Waals surface area contributed by atoms with Crippen LogP contribution in [0, 0.1) is 5.82 Å². The minimum atomic E-state index is -0.411. The Kier molecular flexibility index (Phi) is 3.21. The molecule has 0 saturated carbocycles. The summed E-state index contributed by atoms with van der Waals surface area (Å²) < 4.78 is 13.4. The van der Waals surface area contributed by atoms with Crippen LogP contribution < -0.4 is 11.1 Å². The summed E-state index contributed by atoms with van der Waals surface area (Å²) in [5, 5.41) is 4.24. The van der Waals surface area contributed by atoms with Crippen molar-refractivity contribution in [2.24, 2.45) is 0 Å². The van der Waals surface area contributed by atoms with Crippen molar-refractivity contribution in [2.75, 3.05) is 11.1 Å². The Labute approximate surface area is 116 Å². The molecule has 1 heterocycles. The summed E-state index contributed by atoms with van der Waals surface area (Å²) in [7, 11) is 0. The third kappa shape index (κ3) is 2.28. The summed E-state index contributed by atoms with van der Waals surface area (Å²) in [5.41, 5.74) is 8.43. The third-order valence-electron chi connectivity index (χ3n) is 3.24. The Morgan fingerprint density at radius 3 is 2.75 bits per heavy atom. The van der Waals surface area contributed by atoms with E-state index < -0.39 is 5.82 Å². The van der Waals surface area contributed by atoms with Gasteiger partial charge in [0.15, 0.2) is 0 Å². The van der Waals surface area contributed by atoms with E-state index in [1.54, 1.807) is 18.3 Å². The monoisotopic (exact) mass is 267 g/mol. The van der Waals surface area contributed by atoms with Gasteiger partial charge in [-0.3, -0.25) is 4.98 Å². The zero-order valence-corrected chi connectivity index (χ0v) is 10.8. The van der Waals surface area contributed by atoms with Gasteiger partial charge in [0, 0.05) is 18.1 Å². The second kappa shape index (κ2) is 5.17. The Bertz CT molecular complexity index is 750. The minimum Gasteiger partial charge on any atom is -0.395 e. The number of pyridine rings is 1. The van der Waals surface area contributed by atoms with Gasteiger partial charge in [-0.1, -0.05) is 30.3 Å². The number of nitrogens with two attached hydrogens (primary N) is 1. The molecule has 0 aliphatic heterocycles. The van der Waals surface area contributed by atoms with Crippen LogP contribution in [0.1, 0.15) is 5.56 Å². The maximum atomic E-state index is 13.4. The lowest BCUT2D eigenvalue weighted by Crippen LogP contribution is -2.04. The van der Waals surface area contributed by atoms with Gasteiger partial charge in [0.05, 0.1) is 16.9 Å². The van der Waals surface area contributed by atoms with Crippen LogP contribution in [0.5, 0.6) is 0 Å². The average Bonchev–Trinajstić information content (AvgIpc) is 2.49. The van der Waals surface area contributed by atoms with Crippen molar-refractivity contribution < 1.29 is 4.39 Å². The second-order valence-electron chi connectivity index (χ2n) is 4.55. The van der Waals surface area contributed by atoms with Gasteiger partial charge in [-0.15, -0.1) is 0 Å². The lowest BCUT2D eigenvalue weighted by atomic mass is 10.1. The number of para-hydroxylation sites is 2. The van der Waals surface area contributed by atoms with Crippen molar-refractivity contribution in [1.82, 2.24) is 4.98 Å². The zero-order chi connectivity index (χ0) is 13.9.